The van der Waals surface area contributed by atoms with Gasteiger partial charge in [-0.05, 0) is 30.3 Å². The van der Waals surface area contributed by atoms with E-state index in [9.17, 15) is 0 Å². The van der Waals surface area contributed by atoms with Crippen molar-refractivity contribution < 1.29 is 0 Å². The Morgan fingerprint density at radius 2 is 2.17 bits per heavy atom. The number of nitrogens with zero attached hydrogens (tertiary/aromatic N) is 1. The molecule has 5 N–H and O–H groups in total. The van der Waals surface area contributed by atoms with Crippen molar-refractivity contribution in [2.75, 3.05) is 18.1 Å². The smallest absolute Gasteiger partial charge is 0.203 e. The lowest BCUT2D eigenvalue weighted by molar-refractivity contribution is 0.502. The van der Waals surface area contributed by atoms with Crippen LogP contribution in [0.25, 0.3) is 0 Å². The lowest BCUT2D eigenvalue weighted by atomic mass is 10.0. The molecule has 70 valence electrons. The third-order valence-electron chi connectivity index (χ3n) is 2.01. The van der Waals surface area contributed by atoms with Gasteiger partial charge in [-0.1, -0.05) is 0 Å². The van der Waals surface area contributed by atoms with Crippen molar-refractivity contribution in [2.45, 2.75) is 12.8 Å². The predicted octanol–water partition coefficient (Wildman–Crippen LogP) is -0.0924. The summed E-state index contributed by atoms with van der Waals surface area (Å²) in [5.74, 6) is 8.65. The fraction of sp³-hybridized carbons (Fsp3) is 0.857. The Hall–Kier alpha value is -0.420. The normalized spacial score (nSPS) is 20.9. The van der Waals surface area contributed by atoms with E-state index >= 15 is 0 Å². The number of rotatable bonds is 2. The molecule has 1 fully saturated rings. The molecule has 1 saturated heterocycles. The molecule has 0 saturated carbocycles. The minimum atomic E-state index is 0.341. The SMILES string of the molecule is NNC(N)=NCC1CCSCC1. The molecule has 0 amide bonds. The van der Waals surface area contributed by atoms with Crippen LogP contribution in [-0.2, 0) is 0 Å². The maximum atomic E-state index is 5.40. The molecule has 0 spiro atoms. The van der Waals surface area contributed by atoms with Crippen LogP contribution in [0.5, 0.6) is 0 Å². The summed E-state index contributed by atoms with van der Waals surface area (Å²) in [6.45, 7) is 0.816. The average Bonchev–Trinajstić information content (AvgIpc) is 2.16. The monoisotopic (exact) mass is 188 g/mol. The van der Waals surface area contributed by atoms with Crippen LogP contribution in [0.4, 0.5) is 0 Å². The standard InChI is InChI=1S/C7H16N4S/c8-7(11-9)10-5-6-1-3-12-4-2-6/h6H,1-5,9H2,(H3,8,10,11). The van der Waals surface area contributed by atoms with Gasteiger partial charge in [0.1, 0.15) is 0 Å². The second-order valence-corrected chi connectivity index (χ2v) is 4.15. The molecule has 0 aliphatic carbocycles. The Morgan fingerprint density at radius 3 is 2.75 bits per heavy atom. The predicted molar refractivity (Wildman–Crippen MR) is 53.9 cm³/mol. The molecule has 4 nitrogen and oxygen atoms in total. The zero-order valence-corrected chi connectivity index (χ0v) is 7.94. The van der Waals surface area contributed by atoms with Crippen LogP contribution >= 0.6 is 11.8 Å². The zero-order valence-electron chi connectivity index (χ0n) is 7.12. The lowest BCUT2D eigenvalue weighted by Crippen LogP contribution is -2.37. The first-order valence-electron chi connectivity index (χ1n) is 4.17. The number of hydrogen-bond donors (Lipinski definition) is 3. The van der Waals surface area contributed by atoms with E-state index in [1.54, 1.807) is 0 Å². The van der Waals surface area contributed by atoms with Crippen LogP contribution in [0.15, 0.2) is 4.99 Å². The summed E-state index contributed by atoms with van der Waals surface area (Å²) in [5, 5.41) is 0. The molecule has 0 bridgehead atoms. The second kappa shape index (κ2) is 5.27. The molecule has 1 heterocycles. The van der Waals surface area contributed by atoms with E-state index in [-0.39, 0.29) is 0 Å². The van der Waals surface area contributed by atoms with Crippen LogP contribution in [0, 0.1) is 5.92 Å². The van der Waals surface area contributed by atoms with Crippen LogP contribution in [-0.4, -0.2) is 24.0 Å². The molecular formula is C7H16N4S. The number of nitrogens with two attached hydrogens (primary N) is 2. The summed E-state index contributed by atoms with van der Waals surface area (Å²) in [6, 6.07) is 0. The maximum absolute atomic E-state index is 5.40. The van der Waals surface area contributed by atoms with E-state index in [0.29, 0.717) is 11.9 Å². The average molecular weight is 188 g/mol. The van der Waals surface area contributed by atoms with Gasteiger partial charge in [0.15, 0.2) is 0 Å². The van der Waals surface area contributed by atoms with Gasteiger partial charge in [0.05, 0.1) is 0 Å². The van der Waals surface area contributed by atoms with Crippen molar-refractivity contribution in [3.63, 3.8) is 0 Å². The third-order valence-corrected chi connectivity index (χ3v) is 3.06. The van der Waals surface area contributed by atoms with Gasteiger partial charge >= 0.3 is 0 Å². The van der Waals surface area contributed by atoms with E-state index in [4.69, 9.17) is 11.6 Å². The van der Waals surface area contributed by atoms with E-state index in [2.05, 4.69) is 10.4 Å². The summed E-state index contributed by atoms with van der Waals surface area (Å²) >= 11 is 2.02. The minimum Gasteiger partial charge on any atom is -0.369 e. The van der Waals surface area contributed by atoms with Crippen LogP contribution < -0.4 is 17.0 Å². The fourth-order valence-corrected chi connectivity index (χ4v) is 2.41. The number of nitrogens with one attached hydrogen (secondary N) is 1. The van der Waals surface area contributed by atoms with Crippen molar-refractivity contribution in [1.82, 2.24) is 5.43 Å². The van der Waals surface area contributed by atoms with Gasteiger partial charge in [-0.25, -0.2) is 5.84 Å². The van der Waals surface area contributed by atoms with Crippen LogP contribution in [0.3, 0.4) is 0 Å². The molecule has 1 rings (SSSR count). The molecule has 0 atom stereocenters. The number of guanidine groups is 1. The molecule has 0 unspecified atom stereocenters. The van der Waals surface area contributed by atoms with Gasteiger partial charge in [0.2, 0.25) is 5.96 Å². The van der Waals surface area contributed by atoms with E-state index in [1.807, 2.05) is 11.8 Å². The minimum absolute atomic E-state index is 0.341. The summed E-state index contributed by atoms with van der Waals surface area (Å²) < 4.78 is 0. The van der Waals surface area contributed by atoms with Crippen molar-refractivity contribution in [2.24, 2.45) is 22.5 Å². The second-order valence-electron chi connectivity index (χ2n) is 2.93. The number of thioether (sulfide) groups is 1. The van der Waals surface area contributed by atoms with Gasteiger partial charge in [0, 0.05) is 6.54 Å². The number of aliphatic imine (C=N–C) groups is 1. The summed E-state index contributed by atoms with van der Waals surface area (Å²) in [6.07, 6.45) is 2.51. The van der Waals surface area contributed by atoms with E-state index in [1.165, 1.54) is 24.3 Å². The Bertz CT molecular complexity index is 153. The van der Waals surface area contributed by atoms with E-state index in [0.717, 1.165) is 6.54 Å². The maximum Gasteiger partial charge on any atom is 0.203 e. The summed E-state index contributed by atoms with van der Waals surface area (Å²) in [5.41, 5.74) is 7.73. The van der Waals surface area contributed by atoms with Gasteiger partial charge in [-0.15, -0.1) is 0 Å². The molecule has 1 aliphatic rings. The largest absolute Gasteiger partial charge is 0.369 e. The van der Waals surface area contributed by atoms with Crippen molar-refractivity contribution in [1.29, 1.82) is 0 Å². The molecule has 0 aromatic heterocycles. The highest BCUT2D eigenvalue weighted by molar-refractivity contribution is 7.99. The first-order valence-corrected chi connectivity index (χ1v) is 5.32. The fourth-order valence-electron chi connectivity index (χ4n) is 1.20. The van der Waals surface area contributed by atoms with Gasteiger partial charge in [-0.2, -0.15) is 11.8 Å². The van der Waals surface area contributed by atoms with Crippen molar-refractivity contribution in [3.05, 3.63) is 0 Å². The Kier molecular flexibility index (Phi) is 4.24. The highest BCUT2D eigenvalue weighted by Gasteiger charge is 2.12. The highest BCUT2D eigenvalue weighted by atomic mass is 32.2. The van der Waals surface area contributed by atoms with E-state index < -0.39 is 0 Å². The molecular weight excluding hydrogens is 172 g/mol. The molecule has 0 aromatic carbocycles. The highest BCUT2D eigenvalue weighted by Crippen LogP contribution is 2.22. The van der Waals surface area contributed by atoms with Gasteiger partial charge in [0.25, 0.3) is 0 Å². The summed E-state index contributed by atoms with van der Waals surface area (Å²) in [7, 11) is 0. The van der Waals surface area contributed by atoms with Gasteiger partial charge in [-0.3, -0.25) is 10.4 Å². The molecule has 0 radical (unpaired) electrons. The first-order chi connectivity index (χ1) is 5.83. The van der Waals surface area contributed by atoms with Gasteiger partial charge < -0.3 is 5.73 Å². The zero-order chi connectivity index (χ0) is 8.81. The number of hydrogen-bond acceptors (Lipinski definition) is 3. The third kappa shape index (κ3) is 3.32. The molecule has 5 heteroatoms. The molecule has 1 aliphatic heterocycles. The topological polar surface area (TPSA) is 76.4 Å². The van der Waals surface area contributed by atoms with Crippen molar-refractivity contribution >= 4 is 17.7 Å². The quantitative estimate of drug-likeness (QED) is 0.245. The Labute approximate surface area is 77.1 Å². The first kappa shape index (κ1) is 9.67. The summed E-state index contributed by atoms with van der Waals surface area (Å²) in [4.78, 5) is 4.12. The Balaban J connectivity index is 2.21. The lowest BCUT2D eigenvalue weighted by Gasteiger charge is -2.19. The molecule has 0 aromatic rings. The van der Waals surface area contributed by atoms with Crippen molar-refractivity contribution in [3.8, 4) is 0 Å². The molecule has 12 heavy (non-hydrogen) atoms. The van der Waals surface area contributed by atoms with Crippen LogP contribution in [0.1, 0.15) is 12.8 Å². The Morgan fingerprint density at radius 1 is 1.50 bits per heavy atom. The van der Waals surface area contributed by atoms with Crippen LogP contribution in [0.2, 0.25) is 0 Å². The number of hydrazine groups is 1.